The molecule has 6 nitrogen and oxygen atoms in total. The molecule has 0 unspecified atom stereocenters. The van der Waals surface area contributed by atoms with E-state index < -0.39 is 0 Å². The second kappa shape index (κ2) is 5.33. The van der Waals surface area contributed by atoms with Crippen molar-refractivity contribution in [2.24, 2.45) is 0 Å². The van der Waals surface area contributed by atoms with Crippen LogP contribution in [0.15, 0.2) is 0 Å². The summed E-state index contributed by atoms with van der Waals surface area (Å²) in [7, 11) is 3.73. The average molecular weight is 210 g/mol. The Labute approximate surface area is 89.9 Å². The highest BCUT2D eigenvalue weighted by molar-refractivity contribution is 5.40. The number of hydrogen-bond acceptors (Lipinski definition) is 6. The van der Waals surface area contributed by atoms with Crippen molar-refractivity contribution in [3.05, 3.63) is 0 Å². The predicted molar refractivity (Wildman–Crippen MR) is 62.0 cm³/mol. The minimum absolute atomic E-state index is 0.243. The lowest BCUT2D eigenvalue weighted by Gasteiger charge is -2.11. The highest BCUT2D eigenvalue weighted by Gasteiger charge is 2.04. The summed E-state index contributed by atoms with van der Waals surface area (Å²) in [4.78, 5) is 14.0. The van der Waals surface area contributed by atoms with Gasteiger partial charge in [0.1, 0.15) is 0 Å². The average Bonchev–Trinajstić information content (AvgIpc) is 2.17. The molecule has 84 valence electrons. The molecule has 1 rings (SSSR count). The number of hydrogen-bond donors (Lipinski definition) is 2. The molecule has 0 amide bonds. The number of nitrogens with two attached hydrogens (primary N) is 1. The smallest absolute Gasteiger partial charge is 0.231 e. The fourth-order valence-electron chi connectivity index (χ4n) is 1.04. The van der Waals surface area contributed by atoms with Gasteiger partial charge in [-0.3, -0.25) is 0 Å². The summed E-state index contributed by atoms with van der Waals surface area (Å²) in [5.74, 6) is 1.36. The van der Waals surface area contributed by atoms with Gasteiger partial charge in [-0.15, -0.1) is 0 Å². The summed E-state index contributed by atoms with van der Waals surface area (Å²) in [5.41, 5.74) is 5.57. The van der Waals surface area contributed by atoms with Gasteiger partial charge in [-0.05, 0) is 6.42 Å². The molecule has 0 saturated heterocycles. The zero-order chi connectivity index (χ0) is 11.3. The van der Waals surface area contributed by atoms with Gasteiger partial charge in [-0.2, -0.15) is 15.0 Å². The predicted octanol–water partition coefficient (Wildman–Crippen LogP) is 0.732. The lowest BCUT2D eigenvalue weighted by Crippen LogP contribution is -2.16. The van der Waals surface area contributed by atoms with Crippen LogP contribution in [0.1, 0.15) is 19.8 Å². The van der Waals surface area contributed by atoms with Gasteiger partial charge in [-0.25, -0.2) is 0 Å². The van der Waals surface area contributed by atoms with Gasteiger partial charge in [-0.1, -0.05) is 13.3 Å². The number of unbranched alkanes of at least 4 members (excludes halogenated alkanes) is 1. The van der Waals surface area contributed by atoms with Crippen molar-refractivity contribution in [1.29, 1.82) is 0 Å². The Morgan fingerprint density at radius 3 is 2.60 bits per heavy atom. The largest absolute Gasteiger partial charge is 0.368 e. The fraction of sp³-hybridized carbons (Fsp3) is 0.667. The van der Waals surface area contributed by atoms with Gasteiger partial charge in [0.2, 0.25) is 17.8 Å². The summed E-state index contributed by atoms with van der Waals surface area (Å²) in [6.45, 7) is 2.99. The maximum atomic E-state index is 5.57. The SMILES string of the molecule is CCCCNc1nc(N)nc(N(C)C)n1. The number of aromatic nitrogens is 3. The number of anilines is 3. The first kappa shape index (κ1) is 11.5. The van der Waals surface area contributed by atoms with Crippen molar-refractivity contribution in [3.8, 4) is 0 Å². The van der Waals surface area contributed by atoms with Gasteiger partial charge in [0.15, 0.2) is 0 Å². The third-order valence-electron chi connectivity index (χ3n) is 1.85. The van der Waals surface area contributed by atoms with E-state index in [0.29, 0.717) is 11.9 Å². The summed E-state index contributed by atoms with van der Waals surface area (Å²) in [5, 5.41) is 3.11. The van der Waals surface area contributed by atoms with Gasteiger partial charge in [0.05, 0.1) is 0 Å². The monoisotopic (exact) mass is 210 g/mol. The molecular weight excluding hydrogens is 192 g/mol. The molecule has 0 bridgehead atoms. The molecule has 0 aliphatic heterocycles. The van der Waals surface area contributed by atoms with E-state index in [9.17, 15) is 0 Å². The summed E-state index contributed by atoms with van der Waals surface area (Å²) < 4.78 is 0. The number of nitrogens with one attached hydrogen (secondary N) is 1. The molecule has 3 N–H and O–H groups in total. The molecule has 0 spiro atoms. The number of nitrogens with zero attached hydrogens (tertiary/aromatic N) is 4. The molecule has 0 fully saturated rings. The van der Waals surface area contributed by atoms with E-state index in [1.807, 2.05) is 14.1 Å². The van der Waals surface area contributed by atoms with Crippen LogP contribution < -0.4 is 16.0 Å². The molecule has 0 saturated carbocycles. The molecule has 0 radical (unpaired) electrons. The third kappa shape index (κ3) is 3.57. The Morgan fingerprint density at radius 2 is 2.00 bits per heavy atom. The molecule has 6 heteroatoms. The standard InChI is InChI=1S/C9H18N6/c1-4-5-6-11-8-12-7(10)13-9(14-8)15(2)3/h4-6H2,1-3H3,(H3,10,11,12,13,14). The maximum absolute atomic E-state index is 5.57. The van der Waals surface area contributed by atoms with Crippen LogP contribution in [0.3, 0.4) is 0 Å². The van der Waals surface area contributed by atoms with E-state index in [4.69, 9.17) is 5.73 Å². The van der Waals surface area contributed by atoms with Crippen LogP contribution in [0.25, 0.3) is 0 Å². The van der Waals surface area contributed by atoms with Crippen LogP contribution in [0.4, 0.5) is 17.8 Å². The van der Waals surface area contributed by atoms with Crippen molar-refractivity contribution >= 4 is 17.8 Å². The van der Waals surface area contributed by atoms with Gasteiger partial charge >= 0.3 is 0 Å². The molecule has 1 aromatic rings. The van der Waals surface area contributed by atoms with E-state index in [1.165, 1.54) is 0 Å². The van der Waals surface area contributed by atoms with Crippen LogP contribution in [-0.2, 0) is 0 Å². The minimum atomic E-state index is 0.243. The van der Waals surface area contributed by atoms with Crippen molar-refractivity contribution in [3.63, 3.8) is 0 Å². The van der Waals surface area contributed by atoms with Gasteiger partial charge in [0.25, 0.3) is 0 Å². The zero-order valence-electron chi connectivity index (χ0n) is 9.49. The van der Waals surface area contributed by atoms with Crippen LogP contribution in [0, 0.1) is 0 Å². The fourth-order valence-corrected chi connectivity index (χ4v) is 1.04. The molecule has 1 aromatic heterocycles. The number of nitrogen functional groups attached to an aromatic ring is 1. The Balaban J connectivity index is 2.71. The molecule has 0 aliphatic carbocycles. The highest BCUT2D eigenvalue weighted by Crippen LogP contribution is 2.08. The Kier molecular flexibility index (Phi) is 4.08. The molecule has 0 aliphatic rings. The summed E-state index contributed by atoms with van der Waals surface area (Å²) >= 11 is 0. The van der Waals surface area contributed by atoms with Gasteiger partial charge < -0.3 is 16.0 Å². The zero-order valence-corrected chi connectivity index (χ0v) is 9.49. The van der Waals surface area contributed by atoms with Crippen molar-refractivity contribution in [1.82, 2.24) is 15.0 Å². The lowest BCUT2D eigenvalue weighted by atomic mass is 10.3. The minimum Gasteiger partial charge on any atom is -0.368 e. The van der Waals surface area contributed by atoms with Crippen molar-refractivity contribution in [2.45, 2.75) is 19.8 Å². The summed E-state index contributed by atoms with van der Waals surface area (Å²) in [6, 6.07) is 0. The first-order valence-corrected chi connectivity index (χ1v) is 5.06. The molecule has 0 aromatic carbocycles. The quantitative estimate of drug-likeness (QED) is 0.697. The van der Waals surface area contributed by atoms with E-state index in [1.54, 1.807) is 4.90 Å². The lowest BCUT2D eigenvalue weighted by molar-refractivity contribution is 0.823. The Bertz CT molecular complexity index is 311. The highest BCUT2D eigenvalue weighted by atomic mass is 15.3. The van der Waals surface area contributed by atoms with E-state index in [-0.39, 0.29) is 5.95 Å². The molecule has 0 atom stereocenters. The second-order valence-electron chi connectivity index (χ2n) is 3.49. The summed E-state index contributed by atoms with van der Waals surface area (Å²) in [6.07, 6.45) is 2.22. The third-order valence-corrected chi connectivity index (χ3v) is 1.85. The number of rotatable bonds is 5. The van der Waals surface area contributed by atoms with Crippen LogP contribution in [-0.4, -0.2) is 35.6 Å². The molecule has 1 heterocycles. The van der Waals surface area contributed by atoms with Crippen LogP contribution in [0.2, 0.25) is 0 Å². The van der Waals surface area contributed by atoms with E-state index in [2.05, 4.69) is 27.2 Å². The van der Waals surface area contributed by atoms with E-state index in [0.717, 1.165) is 19.4 Å². The first-order valence-electron chi connectivity index (χ1n) is 5.06. The topological polar surface area (TPSA) is 80.0 Å². The van der Waals surface area contributed by atoms with E-state index >= 15 is 0 Å². The Hall–Kier alpha value is -1.59. The van der Waals surface area contributed by atoms with Gasteiger partial charge in [0, 0.05) is 20.6 Å². The first-order chi connectivity index (χ1) is 7.13. The van der Waals surface area contributed by atoms with Crippen molar-refractivity contribution in [2.75, 3.05) is 36.6 Å². The normalized spacial score (nSPS) is 10.1. The molecular formula is C9H18N6. The Morgan fingerprint density at radius 1 is 1.27 bits per heavy atom. The van der Waals surface area contributed by atoms with Crippen LogP contribution >= 0.6 is 0 Å². The van der Waals surface area contributed by atoms with Crippen LogP contribution in [0.5, 0.6) is 0 Å². The second-order valence-corrected chi connectivity index (χ2v) is 3.49. The molecule has 15 heavy (non-hydrogen) atoms. The van der Waals surface area contributed by atoms with Crippen molar-refractivity contribution < 1.29 is 0 Å². The maximum Gasteiger partial charge on any atom is 0.231 e.